The molecular formula is C20H30N2O2. The molecule has 0 aromatic heterocycles. The van der Waals surface area contributed by atoms with Gasteiger partial charge in [0.2, 0.25) is 0 Å². The maximum absolute atomic E-state index is 11.8. The van der Waals surface area contributed by atoms with Gasteiger partial charge in [0, 0.05) is 24.0 Å². The van der Waals surface area contributed by atoms with Gasteiger partial charge in [-0.05, 0) is 58.4 Å². The van der Waals surface area contributed by atoms with Gasteiger partial charge in [0.25, 0.3) is 0 Å². The molecule has 2 saturated carbocycles. The normalized spacial score (nSPS) is 29.8. The van der Waals surface area contributed by atoms with E-state index in [4.69, 9.17) is 4.74 Å². The molecule has 0 saturated heterocycles. The molecule has 4 heteroatoms. The van der Waals surface area contributed by atoms with Gasteiger partial charge in [0.1, 0.15) is 5.60 Å². The summed E-state index contributed by atoms with van der Waals surface area (Å²) in [6.07, 6.45) is 5.27. The lowest BCUT2D eigenvalue weighted by Crippen LogP contribution is -2.44. The molecule has 24 heavy (non-hydrogen) atoms. The van der Waals surface area contributed by atoms with Crippen molar-refractivity contribution in [3.05, 3.63) is 35.9 Å². The van der Waals surface area contributed by atoms with Crippen LogP contribution in [0.5, 0.6) is 0 Å². The minimum absolute atomic E-state index is 0.252. The molecule has 0 bridgehead atoms. The molecule has 1 aromatic carbocycles. The average molecular weight is 330 g/mol. The molecule has 2 aliphatic rings. The van der Waals surface area contributed by atoms with Gasteiger partial charge in [-0.1, -0.05) is 30.3 Å². The lowest BCUT2D eigenvalue weighted by atomic mass is 9.91. The van der Waals surface area contributed by atoms with Crippen LogP contribution in [-0.2, 0) is 4.74 Å². The number of carbonyl (C=O) groups is 1. The lowest BCUT2D eigenvalue weighted by Gasteiger charge is -2.30. The number of amides is 1. The van der Waals surface area contributed by atoms with Crippen molar-refractivity contribution < 1.29 is 9.53 Å². The molecule has 0 aliphatic heterocycles. The second-order valence-electron chi connectivity index (χ2n) is 8.22. The zero-order valence-electron chi connectivity index (χ0n) is 15.0. The fraction of sp³-hybridized carbons (Fsp3) is 0.650. The van der Waals surface area contributed by atoms with E-state index >= 15 is 0 Å². The van der Waals surface area contributed by atoms with Gasteiger partial charge in [0.05, 0.1) is 0 Å². The van der Waals surface area contributed by atoms with Gasteiger partial charge in [-0.3, -0.25) is 0 Å². The molecule has 1 aromatic rings. The smallest absolute Gasteiger partial charge is 0.407 e. The minimum Gasteiger partial charge on any atom is -0.444 e. The quantitative estimate of drug-likeness (QED) is 0.878. The molecule has 2 N–H and O–H groups in total. The van der Waals surface area contributed by atoms with Crippen LogP contribution in [0.1, 0.15) is 64.4 Å². The van der Waals surface area contributed by atoms with E-state index in [0.717, 1.165) is 25.7 Å². The number of hydrogen-bond acceptors (Lipinski definition) is 3. The molecule has 0 unspecified atom stereocenters. The van der Waals surface area contributed by atoms with E-state index in [0.29, 0.717) is 18.0 Å². The van der Waals surface area contributed by atoms with Crippen LogP contribution in [0.4, 0.5) is 4.79 Å². The molecular weight excluding hydrogens is 300 g/mol. The van der Waals surface area contributed by atoms with E-state index in [9.17, 15) is 4.79 Å². The Balaban J connectivity index is 1.37. The van der Waals surface area contributed by atoms with Gasteiger partial charge in [0.15, 0.2) is 0 Å². The summed E-state index contributed by atoms with van der Waals surface area (Å²) in [5, 5.41) is 6.82. The Labute approximate surface area is 145 Å². The van der Waals surface area contributed by atoms with Crippen molar-refractivity contribution in [3.8, 4) is 0 Å². The molecule has 1 amide bonds. The lowest BCUT2D eigenvalue weighted by molar-refractivity contribution is 0.0489. The van der Waals surface area contributed by atoms with Crippen LogP contribution in [0.3, 0.4) is 0 Å². The third kappa shape index (κ3) is 4.97. The highest BCUT2D eigenvalue weighted by molar-refractivity contribution is 5.68. The number of rotatable bonds is 4. The van der Waals surface area contributed by atoms with Gasteiger partial charge in [-0.2, -0.15) is 0 Å². The van der Waals surface area contributed by atoms with Crippen molar-refractivity contribution in [2.75, 3.05) is 0 Å². The largest absolute Gasteiger partial charge is 0.444 e. The van der Waals surface area contributed by atoms with Crippen LogP contribution in [0.25, 0.3) is 0 Å². The summed E-state index contributed by atoms with van der Waals surface area (Å²) in [6.45, 7) is 5.69. The molecule has 132 valence electrons. The number of ether oxygens (including phenoxy) is 1. The molecule has 3 rings (SSSR count). The standard InChI is InChI=1S/C20H30N2O2/c1-20(2,3)24-19(23)22-16-11-9-15(10-12-16)21-18-13-17(18)14-7-5-4-6-8-14/h4-8,15-18,21H,9-13H2,1-3H3,(H,22,23)/t15-,16-,17-,18+/m0/s1. The van der Waals surface area contributed by atoms with E-state index in [2.05, 4.69) is 41.0 Å². The number of alkyl carbamates (subject to hydrolysis) is 1. The van der Waals surface area contributed by atoms with E-state index in [-0.39, 0.29) is 12.1 Å². The van der Waals surface area contributed by atoms with E-state index in [1.165, 1.54) is 12.0 Å². The monoisotopic (exact) mass is 330 g/mol. The van der Waals surface area contributed by atoms with Crippen molar-refractivity contribution in [3.63, 3.8) is 0 Å². The van der Waals surface area contributed by atoms with Gasteiger partial charge >= 0.3 is 6.09 Å². The maximum Gasteiger partial charge on any atom is 0.407 e. The first kappa shape index (κ1) is 17.3. The Morgan fingerprint density at radius 2 is 1.67 bits per heavy atom. The predicted molar refractivity (Wildman–Crippen MR) is 96.1 cm³/mol. The predicted octanol–water partition coefficient (Wildman–Crippen LogP) is 3.97. The highest BCUT2D eigenvalue weighted by atomic mass is 16.6. The Hall–Kier alpha value is -1.55. The third-order valence-corrected chi connectivity index (χ3v) is 4.92. The summed E-state index contributed by atoms with van der Waals surface area (Å²) in [4.78, 5) is 11.8. The number of carbonyl (C=O) groups excluding carboxylic acids is 1. The summed E-state index contributed by atoms with van der Waals surface area (Å²) in [7, 11) is 0. The number of benzene rings is 1. The van der Waals surface area contributed by atoms with E-state index < -0.39 is 5.60 Å². The second kappa shape index (κ2) is 7.14. The van der Waals surface area contributed by atoms with Gasteiger partial charge in [-0.15, -0.1) is 0 Å². The Morgan fingerprint density at radius 3 is 2.29 bits per heavy atom. The molecule has 0 radical (unpaired) electrons. The zero-order valence-corrected chi connectivity index (χ0v) is 15.0. The summed E-state index contributed by atoms with van der Waals surface area (Å²) in [6, 6.07) is 12.3. The Bertz CT molecular complexity index is 545. The number of nitrogens with one attached hydrogen (secondary N) is 2. The molecule has 2 atom stereocenters. The molecule has 2 aliphatic carbocycles. The van der Waals surface area contributed by atoms with Gasteiger partial charge < -0.3 is 15.4 Å². The van der Waals surface area contributed by atoms with Crippen LogP contribution in [0.2, 0.25) is 0 Å². The van der Waals surface area contributed by atoms with Crippen molar-refractivity contribution in [2.45, 2.75) is 82.5 Å². The zero-order chi connectivity index (χ0) is 17.2. The topological polar surface area (TPSA) is 50.4 Å². The van der Waals surface area contributed by atoms with Crippen LogP contribution in [-0.4, -0.2) is 29.8 Å². The summed E-state index contributed by atoms with van der Waals surface area (Å²) in [5.74, 6) is 0.684. The Morgan fingerprint density at radius 1 is 1.04 bits per heavy atom. The maximum atomic E-state index is 11.8. The fourth-order valence-corrected chi connectivity index (χ4v) is 3.63. The second-order valence-corrected chi connectivity index (χ2v) is 8.22. The summed E-state index contributed by atoms with van der Waals surface area (Å²) >= 11 is 0. The Kier molecular flexibility index (Phi) is 5.14. The average Bonchev–Trinajstić information content (AvgIpc) is 3.27. The molecule has 0 spiro atoms. The first-order chi connectivity index (χ1) is 11.4. The van der Waals surface area contributed by atoms with E-state index in [1.54, 1.807) is 0 Å². The SMILES string of the molecule is CC(C)(C)OC(=O)N[C@H]1CC[C@H](N[C@@H]2C[C@H]2c2ccccc2)CC1. The highest BCUT2D eigenvalue weighted by Gasteiger charge is 2.39. The van der Waals surface area contributed by atoms with Gasteiger partial charge in [-0.25, -0.2) is 4.79 Å². The molecule has 2 fully saturated rings. The third-order valence-electron chi connectivity index (χ3n) is 4.92. The fourth-order valence-electron chi connectivity index (χ4n) is 3.63. The van der Waals surface area contributed by atoms with Crippen molar-refractivity contribution in [2.24, 2.45) is 0 Å². The highest BCUT2D eigenvalue weighted by Crippen LogP contribution is 2.41. The van der Waals surface area contributed by atoms with Crippen molar-refractivity contribution >= 4 is 6.09 Å². The van der Waals surface area contributed by atoms with Crippen molar-refractivity contribution in [1.82, 2.24) is 10.6 Å². The van der Waals surface area contributed by atoms with Crippen LogP contribution in [0.15, 0.2) is 30.3 Å². The van der Waals surface area contributed by atoms with Crippen LogP contribution < -0.4 is 10.6 Å². The van der Waals surface area contributed by atoms with Crippen molar-refractivity contribution in [1.29, 1.82) is 0 Å². The summed E-state index contributed by atoms with van der Waals surface area (Å²) in [5.41, 5.74) is 1.02. The van der Waals surface area contributed by atoms with Crippen LogP contribution >= 0.6 is 0 Å². The first-order valence-corrected chi connectivity index (χ1v) is 9.21. The molecule has 0 heterocycles. The molecule has 4 nitrogen and oxygen atoms in total. The van der Waals surface area contributed by atoms with E-state index in [1.807, 2.05) is 20.8 Å². The summed E-state index contributed by atoms with van der Waals surface area (Å²) < 4.78 is 5.34. The number of hydrogen-bond donors (Lipinski definition) is 2. The minimum atomic E-state index is -0.429. The first-order valence-electron chi connectivity index (χ1n) is 9.21. The van der Waals surface area contributed by atoms with Crippen LogP contribution in [0, 0.1) is 0 Å².